The van der Waals surface area contributed by atoms with E-state index in [1.54, 1.807) is 12.1 Å². The van der Waals surface area contributed by atoms with Crippen LogP contribution in [-0.2, 0) is 4.74 Å². The number of amides is 1. The summed E-state index contributed by atoms with van der Waals surface area (Å²) in [5.41, 5.74) is 1.99. The molecule has 0 unspecified atom stereocenters. The summed E-state index contributed by atoms with van der Waals surface area (Å²) in [4.78, 5) is 23.6. The van der Waals surface area contributed by atoms with Crippen molar-refractivity contribution in [3.05, 3.63) is 35.9 Å². The molecule has 212 valence electrons. The van der Waals surface area contributed by atoms with Gasteiger partial charge in [-0.25, -0.2) is 9.37 Å². The van der Waals surface area contributed by atoms with Gasteiger partial charge in [0.1, 0.15) is 5.82 Å². The van der Waals surface area contributed by atoms with Crippen molar-refractivity contribution in [2.45, 2.75) is 56.6 Å². The molecule has 1 aromatic carbocycles. The Kier molecular flexibility index (Phi) is 8.80. The van der Waals surface area contributed by atoms with Crippen LogP contribution in [0, 0.1) is 5.41 Å². The number of carbonyl (C=O) groups is 1. The normalized spacial score (nSPS) is 21.1. The quantitative estimate of drug-likeness (QED) is 0.370. The number of aliphatic hydroxyl groups excluding tert-OH is 1. The van der Waals surface area contributed by atoms with E-state index >= 15 is 0 Å². The van der Waals surface area contributed by atoms with Crippen molar-refractivity contribution in [1.29, 1.82) is 0 Å². The van der Waals surface area contributed by atoms with Gasteiger partial charge >= 0.3 is 0 Å². The summed E-state index contributed by atoms with van der Waals surface area (Å²) in [5, 5.41) is 12.3. The molecule has 3 N–H and O–H groups in total. The van der Waals surface area contributed by atoms with E-state index in [9.17, 15) is 14.3 Å². The molecule has 1 amide bonds. The maximum Gasteiger partial charge on any atom is 0.258 e. The molecular weight excluding hydrogens is 521 g/mol. The molecule has 1 saturated carbocycles. The first-order valence-electron chi connectivity index (χ1n) is 13.7. The third-order valence-electron chi connectivity index (χ3n) is 7.82. The lowest BCUT2D eigenvalue weighted by Crippen LogP contribution is -2.41. The van der Waals surface area contributed by atoms with Crippen molar-refractivity contribution in [1.82, 2.24) is 9.71 Å². The molecule has 3 heterocycles. The van der Waals surface area contributed by atoms with E-state index in [-0.39, 0.29) is 24.7 Å². The lowest BCUT2D eigenvalue weighted by Gasteiger charge is -2.35. The van der Waals surface area contributed by atoms with Gasteiger partial charge in [0.2, 0.25) is 6.86 Å². The van der Waals surface area contributed by atoms with Crippen LogP contribution >= 0.6 is 11.9 Å². The van der Waals surface area contributed by atoms with E-state index in [2.05, 4.69) is 19.9 Å². The number of aliphatic hydroxyl groups is 1. The topological polar surface area (TPSA) is 99.2 Å². The molecule has 2 aromatic rings. The zero-order chi connectivity index (χ0) is 27.4. The largest absolute Gasteiger partial charge is 0.459 e. The summed E-state index contributed by atoms with van der Waals surface area (Å²) in [5.74, 6) is 0.942. The van der Waals surface area contributed by atoms with Crippen LogP contribution in [0.3, 0.4) is 0 Å². The first kappa shape index (κ1) is 27.9. The number of morpholine rings is 1. The molecular formula is C28H38FN5O4S. The van der Waals surface area contributed by atoms with Crippen LogP contribution in [0.2, 0.25) is 0 Å². The zero-order valence-electron chi connectivity index (χ0n) is 22.6. The second-order valence-electron chi connectivity index (χ2n) is 10.8. The fourth-order valence-corrected chi connectivity index (χ4v) is 5.95. The Labute approximate surface area is 233 Å². The maximum atomic E-state index is 13.6. The van der Waals surface area contributed by atoms with Crippen molar-refractivity contribution in [2.24, 2.45) is 5.41 Å². The summed E-state index contributed by atoms with van der Waals surface area (Å²) in [6, 6.07) is 9.05. The number of rotatable bonds is 10. The number of benzene rings is 1. The van der Waals surface area contributed by atoms with Gasteiger partial charge < -0.3 is 29.7 Å². The molecule has 0 radical (unpaired) electrons. The number of pyridine rings is 1. The molecule has 39 heavy (non-hydrogen) atoms. The van der Waals surface area contributed by atoms with Gasteiger partial charge in [0.05, 0.1) is 30.6 Å². The predicted octanol–water partition coefficient (Wildman–Crippen LogP) is 4.22. The molecule has 2 saturated heterocycles. The number of piperidine rings is 1. The first-order chi connectivity index (χ1) is 18.9. The fourth-order valence-electron chi connectivity index (χ4n) is 5.23. The standard InChI is InChI=1S/C28H38FN5O4S/c1-19(17-35)32-39-21-3-4-22(23(15-21)33-11-9-28(7-8-28)10-12-33)27(36)31-25-6-5-24(38-18-29)26(30-25)34-13-14-37-20(2)16-34/h3-6,15,19-20,32,35H,7-14,16-18H2,1-2H3,(H,30,31,36)/t19-,20+/m0/s1. The Morgan fingerprint density at radius 1 is 1.23 bits per heavy atom. The summed E-state index contributed by atoms with van der Waals surface area (Å²) < 4.78 is 27.1. The van der Waals surface area contributed by atoms with E-state index < -0.39 is 6.86 Å². The van der Waals surface area contributed by atoms with Gasteiger partial charge in [0.15, 0.2) is 11.6 Å². The van der Waals surface area contributed by atoms with Crippen LogP contribution in [0.1, 0.15) is 49.9 Å². The highest BCUT2D eigenvalue weighted by Crippen LogP contribution is 2.54. The van der Waals surface area contributed by atoms with Gasteiger partial charge in [-0.3, -0.25) is 9.52 Å². The lowest BCUT2D eigenvalue weighted by molar-refractivity contribution is 0.0526. The van der Waals surface area contributed by atoms with Crippen LogP contribution in [0.4, 0.5) is 21.7 Å². The molecule has 1 aliphatic carbocycles. The number of hydrogen-bond acceptors (Lipinski definition) is 9. The van der Waals surface area contributed by atoms with E-state index in [0.29, 0.717) is 48.1 Å². The Morgan fingerprint density at radius 3 is 2.72 bits per heavy atom. The van der Waals surface area contributed by atoms with Crippen LogP contribution in [0.25, 0.3) is 0 Å². The molecule has 3 fully saturated rings. The van der Waals surface area contributed by atoms with Crippen LogP contribution < -0.4 is 24.6 Å². The van der Waals surface area contributed by atoms with E-state index in [1.807, 2.05) is 36.9 Å². The molecule has 1 spiro atoms. The van der Waals surface area contributed by atoms with E-state index in [4.69, 9.17) is 9.47 Å². The number of alkyl halides is 1. The number of aromatic nitrogens is 1. The van der Waals surface area contributed by atoms with Crippen LogP contribution in [-0.4, -0.2) is 74.4 Å². The van der Waals surface area contributed by atoms with E-state index in [1.165, 1.54) is 24.8 Å². The molecule has 2 atom stereocenters. The highest BCUT2D eigenvalue weighted by Gasteiger charge is 2.44. The number of anilines is 3. The van der Waals surface area contributed by atoms with Gasteiger partial charge in [0, 0.05) is 37.1 Å². The fraction of sp³-hybridized carbons (Fsp3) is 0.571. The third-order valence-corrected chi connectivity index (χ3v) is 8.83. The minimum atomic E-state index is -0.961. The maximum absolute atomic E-state index is 13.6. The minimum absolute atomic E-state index is 0.00476. The first-order valence-corrected chi connectivity index (χ1v) is 14.5. The Hall–Kier alpha value is -2.60. The number of hydrogen-bond donors (Lipinski definition) is 3. The van der Waals surface area contributed by atoms with Gasteiger partial charge in [-0.1, -0.05) is 0 Å². The molecule has 1 aromatic heterocycles. The van der Waals surface area contributed by atoms with Crippen molar-refractivity contribution in [3.8, 4) is 5.75 Å². The van der Waals surface area contributed by atoms with Crippen LogP contribution in [0.5, 0.6) is 5.75 Å². The van der Waals surface area contributed by atoms with Gasteiger partial charge in [-0.15, -0.1) is 0 Å². The zero-order valence-corrected chi connectivity index (χ0v) is 23.4. The molecule has 11 heteroatoms. The average molecular weight is 560 g/mol. The van der Waals surface area contributed by atoms with Gasteiger partial charge in [-0.2, -0.15) is 0 Å². The lowest BCUT2D eigenvalue weighted by atomic mass is 9.93. The highest BCUT2D eigenvalue weighted by atomic mass is 32.2. The van der Waals surface area contributed by atoms with Crippen molar-refractivity contribution >= 4 is 35.2 Å². The molecule has 3 aliphatic rings. The minimum Gasteiger partial charge on any atom is -0.459 e. The van der Waals surface area contributed by atoms with E-state index in [0.717, 1.165) is 36.5 Å². The second-order valence-corrected chi connectivity index (χ2v) is 11.7. The number of halogens is 1. The molecule has 5 rings (SSSR count). The Balaban J connectivity index is 1.38. The Bertz CT molecular complexity index is 1160. The van der Waals surface area contributed by atoms with Gasteiger partial charge in [-0.05, 0) is 87.2 Å². The van der Waals surface area contributed by atoms with Crippen molar-refractivity contribution < 1.29 is 23.8 Å². The SMILES string of the molecule is C[C@@H]1CN(c2nc(NC(=O)c3ccc(SN[C@@H](C)CO)cc3N3CCC4(CC3)CC4)ccc2OCF)CCO1. The molecule has 2 aliphatic heterocycles. The van der Waals surface area contributed by atoms with Crippen LogP contribution in [0.15, 0.2) is 35.2 Å². The molecule has 0 bridgehead atoms. The van der Waals surface area contributed by atoms with Crippen molar-refractivity contribution in [3.63, 3.8) is 0 Å². The number of carbonyl (C=O) groups excluding carboxylic acids is 1. The summed E-state index contributed by atoms with van der Waals surface area (Å²) in [6.07, 6.45) is 4.91. The second kappa shape index (κ2) is 12.3. The third kappa shape index (κ3) is 6.77. The number of ether oxygens (including phenoxy) is 2. The average Bonchev–Trinajstić information content (AvgIpc) is 3.71. The predicted molar refractivity (Wildman–Crippen MR) is 152 cm³/mol. The van der Waals surface area contributed by atoms with Gasteiger partial charge in [0.25, 0.3) is 5.91 Å². The smallest absolute Gasteiger partial charge is 0.258 e. The van der Waals surface area contributed by atoms with Crippen molar-refractivity contribution in [2.75, 3.05) is 61.4 Å². The summed E-state index contributed by atoms with van der Waals surface area (Å²) in [7, 11) is 0. The summed E-state index contributed by atoms with van der Waals surface area (Å²) >= 11 is 1.45. The molecule has 9 nitrogen and oxygen atoms in total. The Morgan fingerprint density at radius 2 is 2.03 bits per heavy atom. The monoisotopic (exact) mass is 559 g/mol. The number of nitrogens with one attached hydrogen (secondary N) is 2. The highest BCUT2D eigenvalue weighted by molar-refractivity contribution is 7.97. The summed E-state index contributed by atoms with van der Waals surface area (Å²) in [6.45, 7) is 6.53. The number of nitrogens with zero attached hydrogens (tertiary/aromatic N) is 3.